The fourth-order valence-corrected chi connectivity index (χ4v) is 3.16. The van der Waals surface area contributed by atoms with Crippen LogP contribution in [0.3, 0.4) is 0 Å². The van der Waals surface area contributed by atoms with Crippen LogP contribution >= 0.6 is 0 Å². The van der Waals surface area contributed by atoms with E-state index >= 15 is 0 Å². The Hall–Kier alpha value is -3.17. The van der Waals surface area contributed by atoms with Crippen LogP contribution in [-0.2, 0) is 22.9 Å². The Morgan fingerprint density at radius 3 is 2.50 bits per heavy atom. The zero-order chi connectivity index (χ0) is 22.3. The molecule has 0 aliphatic carbocycles. The summed E-state index contributed by atoms with van der Waals surface area (Å²) in [5.74, 6) is 0.445. The van der Waals surface area contributed by atoms with Gasteiger partial charge in [-0.25, -0.2) is 4.68 Å². The molecule has 2 aromatic heterocycles. The summed E-state index contributed by atoms with van der Waals surface area (Å²) in [6, 6.07) is 4.91. The highest BCUT2D eigenvalue weighted by Gasteiger charge is 2.31. The van der Waals surface area contributed by atoms with E-state index in [9.17, 15) is 18.0 Å². The Balaban J connectivity index is 1.83. The first-order valence-electron chi connectivity index (χ1n) is 9.23. The van der Waals surface area contributed by atoms with Gasteiger partial charge in [0, 0.05) is 18.2 Å². The van der Waals surface area contributed by atoms with E-state index in [0.29, 0.717) is 28.7 Å². The number of halogens is 3. The molecule has 0 aliphatic heterocycles. The van der Waals surface area contributed by atoms with E-state index in [1.165, 1.54) is 10.7 Å². The van der Waals surface area contributed by atoms with E-state index in [4.69, 9.17) is 4.52 Å². The molecule has 1 aromatic carbocycles. The van der Waals surface area contributed by atoms with Crippen molar-refractivity contribution in [1.29, 1.82) is 0 Å². The van der Waals surface area contributed by atoms with E-state index in [1.54, 1.807) is 40.7 Å². The van der Waals surface area contributed by atoms with E-state index in [0.717, 1.165) is 12.1 Å². The summed E-state index contributed by atoms with van der Waals surface area (Å²) in [7, 11) is 0. The second-order valence-corrected chi connectivity index (χ2v) is 7.60. The molecule has 3 rings (SSSR count). The predicted molar refractivity (Wildman–Crippen MR) is 102 cm³/mol. The number of nitrogens with one attached hydrogen (secondary N) is 1. The topological polar surface area (TPSA) is 85.8 Å². The summed E-state index contributed by atoms with van der Waals surface area (Å²) in [4.78, 5) is 16.8. The first kappa shape index (κ1) is 21.5. The van der Waals surface area contributed by atoms with Crippen molar-refractivity contribution >= 4 is 5.91 Å². The van der Waals surface area contributed by atoms with Crippen LogP contribution in [-0.4, -0.2) is 25.8 Å². The largest absolute Gasteiger partial charge is 0.416 e. The van der Waals surface area contributed by atoms with Gasteiger partial charge in [-0.1, -0.05) is 11.2 Å². The zero-order valence-electron chi connectivity index (χ0n) is 17.3. The minimum absolute atomic E-state index is 0.0108. The van der Waals surface area contributed by atoms with Crippen molar-refractivity contribution in [3.63, 3.8) is 0 Å². The summed E-state index contributed by atoms with van der Waals surface area (Å²) in [6.07, 6.45) is -4.44. The number of amides is 1. The van der Waals surface area contributed by atoms with Crippen molar-refractivity contribution in [3.8, 4) is 5.69 Å². The average molecular weight is 421 g/mol. The lowest BCUT2D eigenvalue weighted by Crippen LogP contribution is -2.42. The number of nitrogens with zero attached hydrogens (tertiary/aromatic N) is 4. The number of carbonyl (C=O) groups is 1. The number of rotatable bonds is 5. The number of carbonyl (C=O) groups excluding carboxylic acids is 1. The van der Waals surface area contributed by atoms with Crippen LogP contribution in [0.1, 0.15) is 48.1 Å². The molecular weight excluding hydrogens is 399 g/mol. The highest BCUT2D eigenvalue weighted by molar-refractivity contribution is 5.80. The third kappa shape index (κ3) is 4.37. The lowest BCUT2D eigenvalue weighted by Gasteiger charge is -2.22. The summed E-state index contributed by atoms with van der Waals surface area (Å²) in [5, 5.41) is 11.0. The first-order chi connectivity index (χ1) is 13.9. The second-order valence-electron chi connectivity index (χ2n) is 7.60. The molecule has 0 bridgehead atoms. The maximum Gasteiger partial charge on any atom is 0.416 e. The summed E-state index contributed by atoms with van der Waals surface area (Å²) in [6.45, 7) is 8.59. The smallest absolute Gasteiger partial charge is 0.344 e. The molecular formula is C20H22F3N5O2. The van der Waals surface area contributed by atoms with Gasteiger partial charge in [-0.2, -0.15) is 23.3 Å². The van der Waals surface area contributed by atoms with Crippen LogP contribution in [0, 0.1) is 20.8 Å². The maximum absolute atomic E-state index is 13.0. The van der Waals surface area contributed by atoms with Gasteiger partial charge in [0.2, 0.25) is 11.8 Å². The van der Waals surface area contributed by atoms with Crippen LogP contribution in [0.25, 0.3) is 5.69 Å². The third-order valence-corrected chi connectivity index (χ3v) is 4.74. The first-order valence-corrected chi connectivity index (χ1v) is 9.23. The Morgan fingerprint density at radius 2 is 1.90 bits per heavy atom. The highest BCUT2D eigenvalue weighted by atomic mass is 19.4. The van der Waals surface area contributed by atoms with Gasteiger partial charge in [0.25, 0.3) is 0 Å². The molecule has 10 heteroatoms. The lowest BCUT2D eigenvalue weighted by molar-refractivity contribution is -0.137. The molecule has 160 valence electrons. The van der Waals surface area contributed by atoms with Crippen molar-refractivity contribution in [3.05, 3.63) is 58.5 Å². The van der Waals surface area contributed by atoms with Gasteiger partial charge in [-0.05, 0) is 45.9 Å². The standard InChI is InChI=1S/C20H22F3N5O2/c1-11-16(10-17(29)25-19(4,5)18-24-13(3)30-27-18)12(2)28(26-11)15-8-6-7-14(9-15)20(21,22)23/h6-9H,10H2,1-5H3,(H,25,29). The Kier molecular flexibility index (Phi) is 5.44. The predicted octanol–water partition coefficient (Wildman–Crippen LogP) is 3.79. The molecule has 0 radical (unpaired) electrons. The molecule has 2 heterocycles. The quantitative estimate of drug-likeness (QED) is 0.677. The van der Waals surface area contributed by atoms with Gasteiger partial charge in [0.15, 0.2) is 5.82 Å². The molecule has 7 nitrogen and oxygen atoms in total. The SMILES string of the molecule is Cc1nc(C(C)(C)NC(=O)Cc2c(C)nn(-c3cccc(C(F)(F)F)c3)c2C)no1. The molecule has 0 unspecified atom stereocenters. The number of hydrogen-bond acceptors (Lipinski definition) is 5. The average Bonchev–Trinajstić information content (AvgIpc) is 3.20. The molecule has 0 atom stereocenters. The molecule has 30 heavy (non-hydrogen) atoms. The molecule has 0 spiro atoms. The van der Waals surface area contributed by atoms with Crippen molar-refractivity contribution < 1.29 is 22.5 Å². The van der Waals surface area contributed by atoms with Crippen molar-refractivity contribution in [1.82, 2.24) is 25.2 Å². The molecule has 0 fully saturated rings. The Bertz CT molecular complexity index is 1080. The van der Waals surface area contributed by atoms with Crippen LogP contribution in [0.5, 0.6) is 0 Å². The van der Waals surface area contributed by atoms with Crippen molar-refractivity contribution in [2.24, 2.45) is 0 Å². The molecule has 1 N–H and O–H groups in total. The number of aromatic nitrogens is 4. The van der Waals surface area contributed by atoms with E-state index in [1.807, 2.05) is 0 Å². The summed E-state index contributed by atoms with van der Waals surface area (Å²) < 4.78 is 45.5. The lowest BCUT2D eigenvalue weighted by atomic mass is 10.0. The number of alkyl halides is 3. The van der Waals surface area contributed by atoms with Gasteiger partial charge >= 0.3 is 6.18 Å². The normalized spacial score (nSPS) is 12.3. The monoisotopic (exact) mass is 421 g/mol. The van der Waals surface area contributed by atoms with E-state index in [2.05, 4.69) is 20.6 Å². The minimum Gasteiger partial charge on any atom is -0.344 e. The Labute approximate surface area is 171 Å². The van der Waals surface area contributed by atoms with Crippen LogP contribution in [0.2, 0.25) is 0 Å². The fraction of sp³-hybridized carbons (Fsp3) is 0.400. The Morgan fingerprint density at radius 1 is 1.20 bits per heavy atom. The minimum atomic E-state index is -4.45. The van der Waals surface area contributed by atoms with Crippen molar-refractivity contribution in [2.45, 2.75) is 52.8 Å². The molecule has 0 saturated heterocycles. The highest BCUT2D eigenvalue weighted by Crippen LogP contribution is 2.31. The van der Waals surface area contributed by atoms with Gasteiger partial charge in [0.1, 0.15) is 0 Å². The summed E-state index contributed by atoms with van der Waals surface area (Å²) in [5.41, 5.74) is 0.463. The van der Waals surface area contributed by atoms with Gasteiger partial charge in [0.05, 0.1) is 28.9 Å². The van der Waals surface area contributed by atoms with Crippen molar-refractivity contribution in [2.75, 3.05) is 0 Å². The van der Waals surface area contributed by atoms with Gasteiger partial charge in [-0.15, -0.1) is 0 Å². The maximum atomic E-state index is 13.0. The molecule has 0 aliphatic rings. The van der Waals surface area contributed by atoms with Crippen LogP contribution in [0.15, 0.2) is 28.8 Å². The molecule has 0 saturated carbocycles. The number of hydrogen-bond donors (Lipinski definition) is 1. The fourth-order valence-electron chi connectivity index (χ4n) is 3.16. The van der Waals surface area contributed by atoms with E-state index < -0.39 is 17.3 Å². The van der Waals surface area contributed by atoms with Gasteiger partial charge in [-0.3, -0.25) is 4.79 Å². The zero-order valence-corrected chi connectivity index (χ0v) is 17.3. The van der Waals surface area contributed by atoms with E-state index in [-0.39, 0.29) is 18.0 Å². The number of benzene rings is 1. The molecule has 1 amide bonds. The summed E-state index contributed by atoms with van der Waals surface area (Å²) >= 11 is 0. The second kappa shape index (κ2) is 7.58. The number of aryl methyl sites for hydroxylation is 2. The van der Waals surface area contributed by atoms with Crippen LogP contribution < -0.4 is 5.32 Å². The molecule has 3 aromatic rings. The third-order valence-electron chi connectivity index (χ3n) is 4.74. The van der Waals surface area contributed by atoms with Crippen LogP contribution in [0.4, 0.5) is 13.2 Å². The van der Waals surface area contributed by atoms with Gasteiger partial charge < -0.3 is 9.84 Å².